The van der Waals surface area contributed by atoms with E-state index >= 15 is 4.39 Å². The Morgan fingerprint density at radius 3 is 2.09 bits per heavy atom. The van der Waals surface area contributed by atoms with E-state index in [9.17, 15) is 13.2 Å². The van der Waals surface area contributed by atoms with Crippen LogP contribution in [-0.2, 0) is 12.6 Å². The lowest BCUT2D eigenvalue weighted by molar-refractivity contribution is -0.137. The zero-order valence-electron chi connectivity index (χ0n) is 18.5. The van der Waals surface area contributed by atoms with Gasteiger partial charge in [0.25, 0.3) is 0 Å². The summed E-state index contributed by atoms with van der Waals surface area (Å²) in [6.07, 6.45) is 5.78. The van der Waals surface area contributed by atoms with Crippen molar-refractivity contribution in [2.24, 2.45) is 11.8 Å². The predicted octanol–water partition coefficient (Wildman–Crippen LogP) is 9.20. The van der Waals surface area contributed by atoms with Crippen molar-refractivity contribution in [1.82, 2.24) is 0 Å². The Hall–Kier alpha value is -2.36. The van der Waals surface area contributed by atoms with Gasteiger partial charge in [0.05, 0.1) is 5.56 Å². The Labute approximate surface area is 187 Å². The van der Waals surface area contributed by atoms with E-state index in [0.29, 0.717) is 16.5 Å². The standard InChI is InChI=1S/C28H30F4/c1-2-3-19-4-6-20(7-5-19)8-9-21-10-16-26-23(18-21)13-17-25(27(26)29)22-11-14-24(15-12-22)28(30,31)32/h10-20H,2-9H2,1H3. The Bertz CT molecular complexity index is 1040. The van der Waals surface area contributed by atoms with E-state index in [1.165, 1.54) is 62.6 Å². The SMILES string of the molecule is CCCC1CCC(CCc2ccc3c(F)c(-c4ccc(C(F)(F)F)cc4)ccc3c2)CC1. The first-order chi connectivity index (χ1) is 15.3. The molecule has 0 unspecified atom stereocenters. The second kappa shape index (κ2) is 9.64. The Kier molecular flexibility index (Phi) is 6.88. The first-order valence-electron chi connectivity index (χ1n) is 11.7. The summed E-state index contributed by atoms with van der Waals surface area (Å²) < 4.78 is 53.6. The molecule has 0 nitrogen and oxygen atoms in total. The first kappa shape index (κ1) is 22.8. The molecule has 170 valence electrons. The van der Waals surface area contributed by atoms with Gasteiger partial charge in [0.15, 0.2) is 0 Å². The quantitative estimate of drug-likeness (QED) is 0.334. The van der Waals surface area contributed by atoms with Crippen LogP contribution in [0, 0.1) is 17.7 Å². The second-order valence-electron chi connectivity index (χ2n) is 9.27. The number of aryl methyl sites for hydroxylation is 1. The molecule has 32 heavy (non-hydrogen) atoms. The average molecular weight is 443 g/mol. The van der Waals surface area contributed by atoms with E-state index in [-0.39, 0.29) is 5.82 Å². The molecule has 0 amide bonds. The van der Waals surface area contributed by atoms with Gasteiger partial charge >= 0.3 is 6.18 Å². The second-order valence-corrected chi connectivity index (χ2v) is 9.27. The average Bonchev–Trinajstić information content (AvgIpc) is 2.78. The van der Waals surface area contributed by atoms with Crippen LogP contribution in [0.5, 0.6) is 0 Å². The van der Waals surface area contributed by atoms with Gasteiger partial charge in [0.2, 0.25) is 0 Å². The molecule has 0 heterocycles. The highest BCUT2D eigenvalue weighted by Gasteiger charge is 2.30. The summed E-state index contributed by atoms with van der Waals surface area (Å²) in [7, 11) is 0. The molecule has 4 rings (SSSR count). The molecular weight excluding hydrogens is 412 g/mol. The molecule has 0 aromatic heterocycles. The van der Waals surface area contributed by atoms with Crippen molar-refractivity contribution in [2.75, 3.05) is 0 Å². The summed E-state index contributed by atoms with van der Waals surface area (Å²) in [5, 5.41) is 1.34. The summed E-state index contributed by atoms with van der Waals surface area (Å²) in [6, 6.07) is 14.0. The number of alkyl halides is 3. The highest BCUT2D eigenvalue weighted by atomic mass is 19.4. The topological polar surface area (TPSA) is 0 Å². The number of hydrogen-bond donors (Lipinski definition) is 0. The lowest BCUT2D eigenvalue weighted by Gasteiger charge is -2.28. The monoisotopic (exact) mass is 442 g/mol. The van der Waals surface area contributed by atoms with Gasteiger partial charge in [-0.2, -0.15) is 13.2 Å². The maximum absolute atomic E-state index is 15.2. The third-order valence-electron chi connectivity index (χ3n) is 7.05. The molecule has 0 saturated heterocycles. The zero-order chi connectivity index (χ0) is 22.7. The predicted molar refractivity (Wildman–Crippen MR) is 123 cm³/mol. The van der Waals surface area contributed by atoms with Crippen LogP contribution in [0.1, 0.15) is 63.0 Å². The lowest BCUT2D eigenvalue weighted by atomic mass is 9.78. The van der Waals surface area contributed by atoms with Crippen molar-refractivity contribution < 1.29 is 17.6 Å². The molecule has 0 bridgehead atoms. The number of benzene rings is 3. The third kappa shape index (κ3) is 5.16. The van der Waals surface area contributed by atoms with Crippen LogP contribution in [0.4, 0.5) is 17.6 Å². The van der Waals surface area contributed by atoms with Gasteiger partial charge in [-0.15, -0.1) is 0 Å². The molecular formula is C28H30F4. The number of rotatable bonds is 6. The molecule has 1 fully saturated rings. The molecule has 3 aromatic carbocycles. The van der Waals surface area contributed by atoms with Crippen LogP contribution in [0.15, 0.2) is 54.6 Å². The fourth-order valence-electron chi connectivity index (χ4n) is 5.15. The molecule has 1 saturated carbocycles. The van der Waals surface area contributed by atoms with E-state index in [4.69, 9.17) is 0 Å². The van der Waals surface area contributed by atoms with Gasteiger partial charge in [0, 0.05) is 10.9 Å². The van der Waals surface area contributed by atoms with E-state index in [1.54, 1.807) is 6.07 Å². The fourth-order valence-corrected chi connectivity index (χ4v) is 5.15. The molecule has 0 N–H and O–H groups in total. The van der Waals surface area contributed by atoms with Gasteiger partial charge < -0.3 is 0 Å². The Morgan fingerprint density at radius 2 is 1.47 bits per heavy atom. The maximum Gasteiger partial charge on any atom is 0.416 e. The van der Waals surface area contributed by atoms with Crippen LogP contribution < -0.4 is 0 Å². The van der Waals surface area contributed by atoms with Gasteiger partial charge in [-0.1, -0.05) is 87.9 Å². The summed E-state index contributed by atoms with van der Waals surface area (Å²) in [5.74, 6) is 1.32. The van der Waals surface area contributed by atoms with Crippen LogP contribution in [0.25, 0.3) is 21.9 Å². The minimum atomic E-state index is -4.40. The van der Waals surface area contributed by atoms with Crippen molar-refractivity contribution in [1.29, 1.82) is 0 Å². The van der Waals surface area contributed by atoms with Gasteiger partial charge in [0.1, 0.15) is 5.82 Å². The van der Waals surface area contributed by atoms with Crippen molar-refractivity contribution in [2.45, 2.75) is 64.5 Å². The van der Waals surface area contributed by atoms with E-state index in [0.717, 1.165) is 35.8 Å². The van der Waals surface area contributed by atoms with Crippen molar-refractivity contribution in [3.8, 4) is 11.1 Å². The number of fused-ring (bicyclic) bond motifs is 1. The van der Waals surface area contributed by atoms with Gasteiger partial charge in [-0.05, 0) is 53.3 Å². The molecule has 0 atom stereocenters. The summed E-state index contributed by atoms with van der Waals surface area (Å²) >= 11 is 0. The van der Waals surface area contributed by atoms with Crippen molar-refractivity contribution in [3.63, 3.8) is 0 Å². The minimum absolute atomic E-state index is 0.322. The highest BCUT2D eigenvalue weighted by Crippen LogP contribution is 2.35. The largest absolute Gasteiger partial charge is 0.416 e. The summed E-state index contributed by atoms with van der Waals surface area (Å²) in [6.45, 7) is 2.27. The molecule has 0 spiro atoms. The molecule has 0 aliphatic heterocycles. The molecule has 1 aliphatic carbocycles. The van der Waals surface area contributed by atoms with E-state index in [1.807, 2.05) is 18.2 Å². The number of hydrogen-bond acceptors (Lipinski definition) is 0. The summed E-state index contributed by atoms with van der Waals surface area (Å²) in [5.41, 5.74) is 1.25. The summed E-state index contributed by atoms with van der Waals surface area (Å²) in [4.78, 5) is 0. The molecule has 1 aliphatic rings. The maximum atomic E-state index is 15.2. The Morgan fingerprint density at radius 1 is 0.812 bits per heavy atom. The van der Waals surface area contributed by atoms with Crippen LogP contribution >= 0.6 is 0 Å². The van der Waals surface area contributed by atoms with Crippen molar-refractivity contribution in [3.05, 3.63) is 71.5 Å². The smallest absolute Gasteiger partial charge is 0.206 e. The fraction of sp³-hybridized carbons (Fsp3) is 0.429. The van der Waals surface area contributed by atoms with Gasteiger partial charge in [-0.25, -0.2) is 4.39 Å². The normalized spacial score (nSPS) is 19.4. The first-order valence-corrected chi connectivity index (χ1v) is 11.7. The zero-order valence-corrected chi connectivity index (χ0v) is 18.5. The van der Waals surface area contributed by atoms with E-state index < -0.39 is 11.7 Å². The number of halogens is 4. The molecule has 4 heteroatoms. The van der Waals surface area contributed by atoms with Gasteiger partial charge in [-0.3, -0.25) is 0 Å². The molecule has 3 aromatic rings. The van der Waals surface area contributed by atoms with Crippen LogP contribution in [0.2, 0.25) is 0 Å². The molecule has 0 radical (unpaired) electrons. The van der Waals surface area contributed by atoms with E-state index in [2.05, 4.69) is 13.0 Å². The van der Waals surface area contributed by atoms with Crippen LogP contribution in [-0.4, -0.2) is 0 Å². The van der Waals surface area contributed by atoms with Crippen molar-refractivity contribution >= 4 is 10.8 Å². The van der Waals surface area contributed by atoms with Crippen LogP contribution in [0.3, 0.4) is 0 Å². The Balaban J connectivity index is 1.45. The highest BCUT2D eigenvalue weighted by molar-refractivity contribution is 5.88. The third-order valence-corrected chi connectivity index (χ3v) is 7.05. The minimum Gasteiger partial charge on any atom is -0.206 e. The lowest BCUT2D eigenvalue weighted by Crippen LogP contribution is -2.15.